The summed E-state index contributed by atoms with van der Waals surface area (Å²) in [6, 6.07) is 0. The first kappa shape index (κ1) is 12.9. The molecule has 2 nitrogen and oxygen atoms in total. The highest BCUT2D eigenvalue weighted by molar-refractivity contribution is 4.54. The number of aliphatic hydroxyl groups excluding tert-OH is 1. The Balaban J connectivity index is 3.15. The van der Waals surface area contributed by atoms with Gasteiger partial charge >= 0.3 is 0 Å². The number of hydrogen-bond acceptors (Lipinski definition) is 2. The summed E-state index contributed by atoms with van der Waals surface area (Å²) in [6.45, 7) is 7.33. The monoisotopic (exact) mass is 188 g/mol. The minimum atomic E-state index is -0.140. The molecular formula is C11H24O2. The molecule has 0 bridgehead atoms. The molecule has 0 fully saturated rings. The van der Waals surface area contributed by atoms with Gasteiger partial charge in [0.15, 0.2) is 0 Å². The van der Waals surface area contributed by atoms with Crippen molar-refractivity contribution in [3.05, 3.63) is 0 Å². The lowest BCUT2D eigenvalue weighted by Crippen LogP contribution is -2.03. The molecule has 0 rings (SSSR count). The van der Waals surface area contributed by atoms with Crippen LogP contribution in [0.4, 0.5) is 0 Å². The van der Waals surface area contributed by atoms with Crippen molar-refractivity contribution in [1.29, 1.82) is 0 Å². The summed E-state index contributed by atoms with van der Waals surface area (Å²) >= 11 is 0. The molecule has 0 aromatic carbocycles. The second-order valence-corrected chi connectivity index (χ2v) is 4.26. The predicted molar refractivity (Wildman–Crippen MR) is 55.5 cm³/mol. The van der Waals surface area contributed by atoms with Crippen LogP contribution in [0.3, 0.4) is 0 Å². The van der Waals surface area contributed by atoms with Crippen molar-refractivity contribution in [2.45, 2.75) is 46.5 Å². The molecule has 1 unspecified atom stereocenters. The fourth-order valence-corrected chi connectivity index (χ4v) is 1.37. The molecule has 0 aliphatic rings. The first-order valence-corrected chi connectivity index (χ1v) is 5.35. The van der Waals surface area contributed by atoms with Gasteiger partial charge in [0.1, 0.15) is 6.79 Å². The van der Waals surface area contributed by atoms with E-state index in [9.17, 15) is 0 Å². The zero-order valence-corrected chi connectivity index (χ0v) is 9.25. The lowest BCUT2D eigenvalue weighted by atomic mass is 9.98. The third kappa shape index (κ3) is 9.84. The minimum Gasteiger partial charge on any atom is -0.371 e. The van der Waals surface area contributed by atoms with E-state index in [4.69, 9.17) is 9.84 Å². The van der Waals surface area contributed by atoms with Crippen LogP contribution in [0.25, 0.3) is 0 Å². The third-order valence-electron chi connectivity index (χ3n) is 2.32. The molecule has 0 saturated carbocycles. The Labute approximate surface area is 82.3 Å². The van der Waals surface area contributed by atoms with Gasteiger partial charge in [0.25, 0.3) is 0 Å². The molecule has 0 heterocycles. The van der Waals surface area contributed by atoms with Crippen LogP contribution in [-0.2, 0) is 4.74 Å². The quantitative estimate of drug-likeness (QED) is 0.469. The van der Waals surface area contributed by atoms with Gasteiger partial charge in [-0.3, -0.25) is 0 Å². The van der Waals surface area contributed by atoms with E-state index >= 15 is 0 Å². The molecular weight excluding hydrogens is 164 g/mol. The number of hydrogen-bond donors (Lipinski definition) is 1. The number of rotatable bonds is 8. The Kier molecular flexibility index (Phi) is 8.46. The summed E-state index contributed by atoms with van der Waals surface area (Å²) < 4.78 is 4.89. The van der Waals surface area contributed by atoms with Gasteiger partial charge in [0, 0.05) is 6.61 Å². The fourth-order valence-electron chi connectivity index (χ4n) is 1.37. The van der Waals surface area contributed by atoms with Crippen molar-refractivity contribution in [2.24, 2.45) is 11.8 Å². The third-order valence-corrected chi connectivity index (χ3v) is 2.32. The van der Waals surface area contributed by atoms with E-state index in [1.54, 1.807) is 0 Å². The average Bonchev–Trinajstić information content (AvgIpc) is 2.04. The van der Waals surface area contributed by atoms with E-state index in [0.717, 1.165) is 18.3 Å². The summed E-state index contributed by atoms with van der Waals surface area (Å²) in [7, 11) is 0. The smallest absolute Gasteiger partial charge is 0.143 e. The van der Waals surface area contributed by atoms with Gasteiger partial charge in [0.2, 0.25) is 0 Å². The van der Waals surface area contributed by atoms with E-state index < -0.39 is 0 Å². The topological polar surface area (TPSA) is 29.5 Å². The summed E-state index contributed by atoms with van der Waals surface area (Å²) in [4.78, 5) is 0. The Morgan fingerprint density at radius 2 is 1.77 bits per heavy atom. The van der Waals surface area contributed by atoms with Gasteiger partial charge in [0.05, 0.1) is 0 Å². The molecule has 0 aliphatic heterocycles. The van der Waals surface area contributed by atoms with Gasteiger partial charge in [-0.25, -0.2) is 0 Å². The Hall–Kier alpha value is -0.0800. The van der Waals surface area contributed by atoms with E-state index in [1.165, 1.54) is 19.3 Å². The normalized spacial score (nSPS) is 13.6. The molecule has 0 spiro atoms. The van der Waals surface area contributed by atoms with Crippen LogP contribution >= 0.6 is 0 Å². The predicted octanol–water partition coefficient (Wildman–Crippen LogP) is 2.81. The van der Waals surface area contributed by atoms with Crippen LogP contribution < -0.4 is 0 Å². The van der Waals surface area contributed by atoms with Crippen LogP contribution in [0, 0.1) is 11.8 Å². The largest absolute Gasteiger partial charge is 0.371 e. The summed E-state index contributed by atoms with van der Waals surface area (Å²) in [5.74, 6) is 1.55. The first-order chi connectivity index (χ1) is 6.16. The van der Waals surface area contributed by atoms with Crippen molar-refractivity contribution < 1.29 is 9.84 Å². The van der Waals surface area contributed by atoms with Gasteiger partial charge < -0.3 is 9.84 Å². The number of ether oxygens (including phenoxy) is 1. The highest BCUT2D eigenvalue weighted by Crippen LogP contribution is 2.14. The molecule has 1 N–H and O–H groups in total. The maximum atomic E-state index is 8.41. The van der Waals surface area contributed by atoms with Gasteiger partial charge in [-0.15, -0.1) is 0 Å². The van der Waals surface area contributed by atoms with E-state index in [1.807, 2.05) is 0 Å². The highest BCUT2D eigenvalue weighted by Gasteiger charge is 2.02. The van der Waals surface area contributed by atoms with Crippen molar-refractivity contribution in [2.75, 3.05) is 13.4 Å². The molecule has 1 atom stereocenters. The molecule has 0 aromatic rings. The lowest BCUT2D eigenvalue weighted by molar-refractivity contribution is -0.00630. The van der Waals surface area contributed by atoms with Crippen LogP contribution in [0.15, 0.2) is 0 Å². The molecule has 2 heteroatoms. The Morgan fingerprint density at radius 1 is 1.08 bits per heavy atom. The molecule has 0 aromatic heterocycles. The second kappa shape index (κ2) is 8.52. The molecule has 13 heavy (non-hydrogen) atoms. The highest BCUT2D eigenvalue weighted by atomic mass is 16.6. The Bertz CT molecular complexity index is 102. The average molecular weight is 188 g/mol. The van der Waals surface area contributed by atoms with E-state index in [0.29, 0.717) is 6.61 Å². The SMILES string of the molecule is CC(C)CCCC(C)CCOCO. The lowest BCUT2D eigenvalue weighted by Gasteiger charge is -2.11. The van der Waals surface area contributed by atoms with Gasteiger partial charge in [-0.2, -0.15) is 0 Å². The maximum absolute atomic E-state index is 8.41. The van der Waals surface area contributed by atoms with Crippen molar-refractivity contribution >= 4 is 0 Å². The fraction of sp³-hybridized carbons (Fsp3) is 1.00. The zero-order valence-electron chi connectivity index (χ0n) is 9.25. The van der Waals surface area contributed by atoms with E-state index in [-0.39, 0.29) is 6.79 Å². The molecule has 0 radical (unpaired) electrons. The maximum Gasteiger partial charge on any atom is 0.143 e. The molecule has 0 amide bonds. The van der Waals surface area contributed by atoms with Crippen LogP contribution in [-0.4, -0.2) is 18.5 Å². The summed E-state index contributed by atoms with van der Waals surface area (Å²) in [5.41, 5.74) is 0. The zero-order chi connectivity index (χ0) is 10.1. The summed E-state index contributed by atoms with van der Waals surface area (Å²) in [6.07, 6.45) is 4.99. The van der Waals surface area contributed by atoms with Crippen LogP contribution in [0.5, 0.6) is 0 Å². The summed E-state index contributed by atoms with van der Waals surface area (Å²) in [5, 5.41) is 8.41. The molecule has 0 saturated heterocycles. The van der Waals surface area contributed by atoms with Crippen molar-refractivity contribution in [3.8, 4) is 0 Å². The first-order valence-electron chi connectivity index (χ1n) is 5.35. The minimum absolute atomic E-state index is 0.140. The van der Waals surface area contributed by atoms with Gasteiger partial charge in [-0.1, -0.05) is 40.0 Å². The standard InChI is InChI=1S/C11H24O2/c1-10(2)5-4-6-11(3)7-8-13-9-12/h10-12H,4-9H2,1-3H3. The van der Waals surface area contributed by atoms with E-state index in [2.05, 4.69) is 20.8 Å². The second-order valence-electron chi connectivity index (χ2n) is 4.26. The van der Waals surface area contributed by atoms with Crippen LogP contribution in [0.1, 0.15) is 46.5 Å². The number of aliphatic hydroxyl groups is 1. The Morgan fingerprint density at radius 3 is 2.31 bits per heavy atom. The molecule has 80 valence electrons. The van der Waals surface area contributed by atoms with Crippen molar-refractivity contribution in [3.63, 3.8) is 0 Å². The van der Waals surface area contributed by atoms with Crippen LogP contribution in [0.2, 0.25) is 0 Å². The van der Waals surface area contributed by atoms with Gasteiger partial charge in [-0.05, 0) is 18.3 Å². The molecule has 0 aliphatic carbocycles. The van der Waals surface area contributed by atoms with Crippen molar-refractivity contribution in [1.82, 2.24) is 0 Å².